The second kappa shape index (κ2) is 6.35. The lowest BCUT2D eigenvalue weighted by molar-refractivity contribution is -0.963. The van der Waals surface area contributed by atoms with Crippen LogP contribution in [0.15, 0.2) is 0 Å². The van der Waals surface area contributed by atoms with Gasteiger partial charge < -0.3 is 14.8 Å². The monoisotopic (exact) mass is 203 g/mol. The molecular weight excluding hydrogens is 180 g/mol. The molecule has 0 bridgehead atoms. The van der Waals surface area contributed by atoms with Crippen molar-refractivity contribution in [1.82, 2.24) is 5.32 Å². The lowest BCUT2D eigenvalue weighted by atomic mass is 10.3. The highest BCUT2D eigenvalue weighted by molar-refractivity contribution is 4.54. The van der Waals surface area contributed by atoms with Gasteiger partial charge in [-0.2, -0.15) is 0 Å². The van der Waals surface area contributed by atoms with Crippen LogP contribution >= 0.6 is 0 Å². The van der Waals surface area contributed by atoms with Gasteiger partial charge in [-0.15, -0.1) is 0 Å². The Hall–Kier alpha value is -0.160. The van der Waals surface area contributed by atoms with Crippen molar-refractivity contribution in [2.24, 2.45) is 0 Å². The summed E-state index contributed by atoms with van der Waals surface area (Å²) < 4.78 is 12.0. The minimum atomic E-state index is 0.790. The number of hydrogen-bond acceptors (Lipinski definition) is 3. The summed E-state index contributed by atoms with van der Waals surface area (Å²) in [6, 6.07) is 0. The molecule has 0 saturated carbocycles. The number of nitrogens with one attached hydrogen (secondary N) is 1. The van der Waals surface area contributed by atoms with Crippen LogP contribution in [-0.2, 0) is 9.47 Å². The topological polar surface area (TPSA) is 30.5 Å². The Morgan fingerprint density at radius 3 is 1.93 bits per heavy atom. The van der Waals surface area contributed by atoms with Crippen LogP contribution in [0.2, 0.25) is 0 Å². The predicted molar refractivity (Wildman–Crippen MR) is 55.9 cm³/mol. The van der Waals surface area contributed by atoms with E-state index in [2.05, 4.69) is 5.32 Å². The maximum atomic E-state index is 5.54. The molecule has 0 radical (unpaired) electrons. The average molecular weight is 203 g/mol. The normalized spacial score (nSPS) is 21.0. The minimum absolute atomic E-state index is 0.790. The van der Waals surface area contributed by atoms with Gasteiger partial charge in [0.2, 0.25) is 0 Å². The second-order valence-corrected chi connectivity index (χ2v) is 3.78. The molecule has 0 spiro atoms. The van der Waals surface area contributed by atoms with Crippen LogP contribution in [0, 0.1) is 0 Å². The Balaban J connectivity index is 2.39. The van der Waals surface area contributed by atoms with Crippen LogP contribution in [-0.4, -0.2) is 57.3 Å². The third-order valence-electron chi connectivity index (χ3n) is 2.66. The Bertz CT molecular complexity index is 137. The summed E-state index contributed by atoms with van der Waals surface area (Å²) in [7, 11) is 0. The van der Waals surface area contributed by atoms with E-state index in [4.69, 9.17) is 9.47 Å². The summed E-state index contributed by atoms with van der Waals surface area (Å²) in [6.07, 6.45) is 0. The van der Waals surface area contributed by atoms with Gasteiger partial charge >= 0.3 is 0 Å². The second-order valence-electron chi connectivity index (χ2n) is 3.78. The van der Waals surface area contributed by atoms with Gasteiger partial charge in [-0.1, -0.05) is 0 Å². The van der Waals surface area contributed by atoms with Crippen molar-refractivity contribution in [3.8, 4) is 0 Å². The van der Waals surface area contributed by atoms with Gasteiger partial charge in [-0.3, -0.25) is 4.48 Å². The van der Waals surface area contributed by atoms with E-state index in [1.807, 2.05) is 13.8 Å². The molecule has 1 heterocycles. The molecule has 0 aromatic carbocycles. The highest BCUT2D eigenvalue weighted by atomic mass is 16.5. The van der Waals surface area contributed by atoms with Crippen molar-refractivity contribution < 1.29 is 14.0 Å². The van der Waals surface area contributed by atoms with Crippen molar-refractivity contribution >= 4 is 0 Å². The number of piperazine rings is 1. The molecule has 0 aromatic heterocycles. The van der Waals surface area contributed by atoms with E-state index in [9.17, 15) is 0 Å². The van der Waals surface area contributed by atoms with Gasteiger partial charge in [0.15, 0.2) is 13.5 Å². The van der Waals surface area contributed by atoms with Crippen LogP contribution in [0.25, 0.3) is 0 Å². The van der Waals surface area contributed by atoms with E-state index in [0.717, 1.165) is 57.3 Å². The summed E-state index contributed by atoms with van der Waals surface area (Å²) >= 11 is 0. The largest absolute Gasteiger partial charge is 0.332 e. The Kier molecular flexibility index (Phi) is 5.40. The highest BCUT2D eigenvalue weighted by Crippen LogP contribution is 2.09. The lowest BCUT2D eigenvalue weighted by Crippen LogP contribution is -2.60. The van der Waals surface area contributed by atoms with Crippen LogP contribution in [0.3, 0.4) is 0 Å². The molecule has 1 saturated heterocycles. The van der Waals surface area contributed by atoms with Crippen LogP contribution in [0.4, 0.5) is 0 Å². The minimum Gasteiger partial charge on any atom is -0.332 e. The standard InChI is InChI=1S/C10H23N2O2/c1-3-13-9-12(10-14-4-2)7-5-11-6-8-12/h11H,3-10H2,1-2H3/q+1. The third kappa shape index (κ3) is 3.53. The molecule has 0 atom stereocenters. The van der Waals surface area contributed by atoms with Crippen LogP contribution in [0.5, 0.6) is 0 Å². The molecule has 0 aromatic rings. The molecule has 4 nitrogen and oxygen atoms in total. The van der Waals surface area contributed by atoms with Gasteiger partial charge in [0.1, 0.15) is 0 Å². The molecule has 0 amide bonds. The first kappa shape index (κ1) is 11.9. The van der Waals surface area contributed by atoms with E-state index in [0.29, 0.717) is 0 Å². The molecule has 1 N–H and O–H groups in total. The smallest absolute Gasteiger partial charge is 0.185 e. The maximum Gasteiger partial charge on any atom is 0.185 e. The van der Waals surface area contributed by atoms with Crippen molar-refractivity contribution in [3.63, 3.8) is 0 Å². The summed E-state index contributed by atoms with van der Waals surface area (Å²) in [4.78, 5) is 0. The predicted octanol–water partition coefficient (Wildman–Crippen LogP) is 0.394. The summed E-state index contributed by atoms with van der Waals surface area (Å²) in [5.41, 5.74) is 0. The van der Waals surface area contributed by atoms with E-state index < -0.39 is 0 Å². The number of ether oxygens (including phenoxy) is 2. The molecule has 14 heavy (non-hydrogen) atoms. The van der Waals surface area contributed by atoms with Crippen LogP contribution in [0.1, 0.15) is 13.8 Å². The highest BCUT2D eigenvalue weighted by Gasteiger charge is 2.29. The van der Waals surface area contributed by atoms with E-state index in [-0.39, 0.29) is 0 Å². The molecule has 84 valence electrons. The first-order chi connectivity index (χ1) is 6.83. The number of quaternary nitrogens is 1. The quantitative estimate of drug-likeness (QED) is 0.634. The molecule has 0 unspecified atom stereocenters. The van der Waals surface area contributed by atoms with Gasteiger partial charge in [-0.25, -0.2) is 0 Å². The van der Waals surface area contributed by atoms with Gasteiger partial charge in [-0.05, 0) is 13.8 Å². The van der Waals surface area contributed by atoms with Crippen molar-refractivity contribution in [2.45, 2.75) is 13.8 Å². The van der Waals surface area contributed by atoms with Crippen molar-refractivity contribution in [2.75, 3.05) is 52.9 Å². The Morgan fingerprint density at radius 2 is 1.50 bits per heavy atom. The SMILES string of the molecule is CCOC[N+]1(COCC)CCNCC1. The fourth-order valence-electron chi connectivity index (χ4n) is 1.73. The van der Waals surface area contributed by atoms with Gasteiger partial charge in [0, 0.05) is 26.3 Å². The molecule has 1 rings (SSSR count). The Labute approximate surface area is 86.8 Å². The van der Waals surface area contributed by atoms with E-state index in [1.54, 1.807) is 0 Å². The molecule has 1 aliphatic rings. The Morgan fingerprint density at radius 1 is 1.00 bits per heavy atom. The zero-order valence-electron chi connectivity index (χ0n) is 9.42. The molecule has 0 aliphatic carbocycles. The molecule has 1 fully saturated rings. The van der Waals surface area contributed by atoms with Crippen molar-refractivity contribution in [1.29, 1.82) is 0 Å². The summed E-state index contributed by atoms with van der Waals surface area (Å²) in [5.74, 6) is 0. The molecule has 1 aliphatic heterocycles. The zero-order valence-corrected chi connectivity index (χ0v) is 9.42. The van der Waals surface area contributed by atoms with Crippen LogP contribution < -0.4 is 5.32 Å². The first-order valence-electron chi connectivity index (χ1n) is 5.54. The van der Waals surface area contributed by atoms with Gasteiger partial charge in [0.25, 0.3) is 0 Å². The lowest BCUT2D eigenvalue weighted by Gasteiger charge is -2.40. The molecular formula is C10H23N2O2+. The summed E-state index contributed by atoms with van der Waals surface area (Å²) in [5, 5.41) is 3.37. The fourth-order valence-corrected chi connectivity index (χ4v) is 1.73. The van der Waals surface area contributed by atoms with Gasteiger partial charge in [0.05, 0.1) is 13.1 Å². The number of hydrogen-bond donors (Lipinski definition) is 1. The number of nitrogens with zero attached hydrogens (tertiary/aromatic N) is 1. The summed E-state index contributed by atoms with van der Waals surface area (Å²) in [6.45, 7) is 11.6. The average Bonchev–Trinajstić information content (AvgIpc) is 2.25. The van der Waals surface area contributed by atoms with Crippen molar-refractivity contribution in [3.05, 3.63) is 0 Å². The van der Waals surface area contributed by atoms with E-state index >= 15 is 0 Å². The molecule has 4 heteroatoms. The first-order valence-corrected chi connectivity index (χ1v) is 5.54. The fraction of sp³-hybridized carbons (Fsp3) is 1.00. The zero-order chi connectivity index (χ0) is 10.3. The van der Waals surface area contributed by atoms with E-state index in [1.165, 1.54) is 0 Å². The number of rotatable bonds is 6. The third-order valence-corrected chi connectivity index (χ3v) is 2.66. The maximum absolute atomic E-state index is 5.54.